The lowest BCUT2D eigenvalue weighted by molar-refractivity contribution is 0.518. The first-order chi connectivity index (χ1) is 7.25. The summed E-state index contributed by atoms with van der Waals surface area (Å²) in [6.07, 6.45) is 3.46. The van der Waals surface area contributed by atoms with Crippen molar-refractivity contribution in [3.8, 4) is 0 Å². The first kappa shape index (κ1) is 10.2. The highest BCUT2D eigenvalue weighted by Gasteiger charge is 1.99. The van der Waals surface area contributed by atoms with E-state index < -0.39 is 0 Å². The molecule has 0 spiro atoms. The van der Waals surface area contributed by atoms with Gasteiger partial charge in [-0.2, -0.15) is 0 Å². The molecule has 0 atom stereocenters. The molecule has 0 radical (unpaired) electrons. The predicted molar refractivity (Wildman–Crippen MR) is 62.7 cm³/mol. The van der Waals surface area contributed by atoms with Gasteiger partial charge in [-0.1, -0.05) is 0 Å². The second-order valence-electron chi connectivity index (χ2n) is 3.26. The molecule has 1 N–H and O–H groups in total. The van der Waals surface area contributed by atoms with Crippen LogP contribution in [0.4, 0.5) is 5.69 Å². The molecule has 2 aromatic heterocycles. The van der Waals surface area contributed by atoms with Gasteiger partial charge < -0.3 is 9.73 Å². The zero-order chi connectivity index (χ0) is 10.7. The Kier molecular flexibility index (Phi) is 3.06. The van der Waals surface area contributed by atoms with E-state index in [4.69, 9.17) is 4.42 Å². The zero-order valence-electron chi connectivity index (χ0n) is 8.33. The van der Waals surface area contributed by atoms with Crippen molar-refractivity contribution in [3.63, 3.8) is 0 Å². The van der Waals surface area contributed by atoms with Crippen LogP contribution in [0.2, 0.25) is 0 Å². The number of halogens is 1. The molecule has 0 bridgehead atoms. The predicted octanol–water partition coefficient (Wildman–Crippen LogP) is 3.36. The standard InChI is InChI=1S/C11H11BrN2O/c1-8-5-9(6-14-11(8)12)13-7-10-3-2-4-15-10/h2-6,13H,7H2,1H3. The largest absolute Gasteiger partial charge is 0.467 e. The highest BCUT2D eigenvalue weighted by atomic mass is 79.9. The summed E-state index contributed by atoms with van der Waals surface area (Å²) in [5.74, 6) is 0.913. The van der Waals surface area contributed by atoms with E-state index in [2.05, 4.69) is 26.2 Å². The van der Waals surface area contributed by atoms with Crippen molar-refractivity contribution < 1.29 is 4.42 Å². The Hall–Kier alpha value is -1.29. The zero-order valence-corrected chi connectivity index (χ0v) is 9.91. The van der Waals surface area contributed by atoms with Crippen LogP contribution in [0.3, 0.4) is 0 Å². The van der Waals surface area contributed by atoms with E-state index in [0.717, 1.165) is 21.6 Å². The lowest BCUT2D eigenvalue weighted by Crippen LogP contribution is -1.99. The number of nitrogens with one attached hydrogen (secondary N) is 1. The maximum Gasteiger partial charge on any atom is 0.122 e. The minimum absolute atomic E-state index is 0.676. The Morgan fingerprint density at radius 3 is 3.07 bits per heavy atom. The Bertz CT molecular complexity index is 440. The molecule has 0 saturated heterocycles. The molecule has 4 heteroatoms. The number of aryl methyl sites for hydroxylation is 1. The van der Waals surface area contributed by atoms with E-state index in [1.165, 1.54) is 0 Å². The number of hydrogen-bond acceptors (Lipinski definition) is 3. The molecule has 0 aromatic carbocycles. The Balaban J connectivity index is 2.02. The molecule has 0 aliphatic rings. The molecule has 2 rings (SSSR count). The molecular weight excluding hydrogens is 256 g/mol. The lowest BCUT2D eigenvalue weighted by Gasteiger charge is -2.05. The third kappa shape index (κ3) is 2.59. The van der Waals surface area contributed by atoms with Gasteiger partial charge in [0.15, 0.2) is 0 Å². The van der Waals surface area contributed by atoms with E-state index in [9.17, 15) is 0 Å². The molecule has 2 aromatic rings. The van der Waals surface area contributed by atoms with E-state index in [-0.39, 0.29) is 0 Å². The van der Waals surface area contributed by atoms with Crippen molar-refractivity contribution >= 4 is 21.6 Å². The number of anilines is 1. The van der Waals surface area contributed by atoms with Gasteiger partial charge >= 0.3 is 0 Å². The maximum atomic E-state index is 5.22. The number of aromatic nitrogens is 1. The number of pyridine rings is 1. The van der Waals surface area contributed by atoms with Gasteiger partial charge in [0.25, 0.3) is 0 Å². The van der Waals surface area contributed by atoms with Gasteiger partial charge in [-0.25, -0.2) is 4.98 Å². The average Bonchev–Trinajstić information content (AvgIpc) is 2.73. The van der Waals surface area contributed by atoms with E-state index in [0.29, 0.717) is 6.54 Å². The van der Waals surface area contributed by atoms with Gasteiger partial charge in [-0.05, 0) is 46.6 Å². The topological polar surface area (TPSA) is 38.1 Å². The third-order valence-electron chi connectivity index (χ3n) is 2.06. The Morgan fingerprint density at radius 1 is 1.53 bits per heavy atom. The minimum atomic E-state index is 0.676. The summed E-state index contributed by atoms with van der Waals surface area (Å²) in [6.45, 7) is 2.69. The molecule has 0 aliphatic heterocycles. The van der Waals surface area contributed by atoms with Gasteiger partial charge in [0, 0.05) is 0 Å². The van der Waals surface area contributed by atoms with Crippen molar-refractivity contribution in [1.82, 2.24) is 4.98 Å². The molecule has 2 heterocycles. The van der Waals surface area contributed by atoms with Crippen LogP contribution in [-0.4, -0.2) is 4.98 Å². The number of nitrogens with zero attached hydrogens (tertiary/aromatic N) is 1. The SMILES string of the molecule is Cc1cc(NCc2ccco2)cnc1Br. The van der Waals surface area contributed by atoms with Crippen molar-refractivity contribution in [2.75, 3.05) is 5.32 Å². The fraction of sp³-hybridized carbons (Fsp3) is 0.182. The third-order valence-corrected chi connectivity index (χ3v) is 2.89. The highest BCUT2D eigenvalue weighted by molar-refractivity contribution is 9.10. The van der Waals surface area contributed by atoms with Crippen molar-refractivity contribution in [1.29, 1.82) is 0 Å². The molecular formula is C11H11BrN2O. The number of rotatable bonds is 3. The monoisotopic (exact) mass is 266 g/mol. The van der Waals surface area contributed by atoms with Crippen molar-refractivity contribution in [2.24, 2.45) is 0 Å². The molecule has 0 aliphatic carbocycles. The van der Waals surface area contributed by atoms with Crippen LogP contribution in [0.25, 0.3) is 0 Å². The molecule has 78 valence electrons. The second kappa shape index (κ2) is 4.49. The van der Waals surface area contributed by atoms with Gasteiger partial charge in [-0.15, -0.1) is 0 Å². The van der Waals surface area contributed by atoms with Gasteiger partial charge in [0.1, 0.15) is 10.4 Å². The first-order valence-corrected chi connectivity index (χ1v) is 5.43. The normalized spacial score (nSPS) is 10.3. The van der Waals surface area contributed by atoms with E-state index >= 15 is 0 Å². The average molecular weight is 267 g/mol. The van der Waals surface area contributed by atoms with Crippen LogP contribution in [0, 0.1) is 6.92 Å². The van der Waals surface area contributed by atoms with E-state index in [1.807, 2.05) is 25.1 Å². The number of hydrogen-bond donors (Lipinski definition) is 1. The molecule has 0 amide bonds. The summed E-state index contributed by atoms with van der Waals surface area (Å²) in [6, 6.07) is 5.86. The quantitative estimate of drug-likeness (QED) is 0.866. The van der Waals surface area contributed by atoms with Crippen LogP contribution in [0.5, 0.6) is 0 Å². The minimum Gasteiger partial charge on any atom is -0.467 e. The first-order valence-electron chi connectivity index (χ1n) is 4.64. The number of furan rings is 1. The van der Waals surface area contributed by atoms with Gasteiger partial charge in [0.05, 0.1) is 24.7 Å². The van der Waals surface area contributed by atoms with Crippen LogP contribution < -0.4 is 5.32 Å². The van der Waals surface area contributed by atoms with Crippen molar-refractivity contribution in [2.45, 2.75) is 13.5 Å². The van der Waals surface area contributed by atoms with Crippen LogP contribution >= 0.6 is 15.9 Å². The summed E-state index contributed by atoms with van der Waals surface area (Å²) in [5, 5.41) is 3.24. The fourth-order valence-electron chi connectivity index (χ4n) is 1.26. The van der Waals surface area contributed by atoms with Crippen molar-refractivity contribution in [3.05, 3.63) is 46.6 Å². The van der Waals surface area contributed by atoms with Crippen LogP contribution in [0.1, 0.15) is 11.3 Å². The van der Waals surface area contributed by atoms with Gasteiger partial charge in [-0.3, -0.25) is 0 Å². The Morgan fingerprint density at radius 2 is 2.40 bits per heavy atom. The second-order valence-corrected chi connectivity index (χ2v) is 4.02. The summed E-state index contributed by atoms with van der Waals surface area (Å²) in [7, 11) is 0. The fourth-order valence-corrected chi connectivity index (χ4v) is 1.47. The van der Waals surface area contributed by atoms with Crippen LogP contribution in [-0.2, 0) is 6.54 Å². The summed E-state index contributed by atoms with van der Waals surface area (Å²) in [4.78, 5) is 4.20. The van der Waals surface area contributed by atoms with Gasteiger partial charge in [0.2, 0.25) is 0 Å². The molecule has 3 nitrogen and oxygen atoms in total. The smallest absolute Gasteiger partial charge is 0.122 e. The van der Waals surface area contributed by atoms with E-state index in [1.54, 1.807) is 12.5 Å². The Labute approximate surface area is 96.6 Å². The maximum absolute atomic E-state index is 5.22. The summed E-state index contributed by atoms with van der Waals surface area (Å²) < 4.78 is 6.10. The molecule has 15 heavy (non-hydrogen) atoms. The summed E-state index contributed by atoms with van der Waals surface area (Å²) >= 11 is 3.36. The summed E-state index contributed by atoms with van der Waals surface area (Å²) in [5.41, 5.74) is 2.10. The lowest BCUT2D eigenvalue weighted by atomic mass is 10.3. The molecule has 0 fully saturated rings. The van der Waals surface area contributed by atoms with Crippen LogP contribution in [0.15, 0.2) is 39.7 Å². The highest BCUT2D eigenvalue weighted by Crippen LogP contribution is 2.17. The molecule has 0 saturated carbocycles. The molecule has 0 unspecified atom stereocenters.